The van der Waals surface area contributed by atoms with E-state index < -0.39 is 34.4 Å². The SMILES string of the molecule is C[C@@H](C(=O)Nc1ccnn1Cc1ccc(Cl)cc1Cl)N1C(=O)c2cccc([N+](=O)[O-])c2C1=O. The Morgan fingerprint density at radius 3 is 2.64 bits per heavy atom. The second-order valence-corrected chi connectivity index (χ2v) is 8.06. The largest absolute Gasteiger partial charge is 0.309 e. The highest BCUT2D eigenvalue weighted by Gasteiger charge is 2.44. The smallest absolute Gasteiger partial charge is 0.282 e. The molecule has 0 saturated heterocycles. The van der Waals surface area contributed by atoms with E-state index in [1.165, 1.54) is 29.9 Å². The number of rotatable bonds is 6. The summed E-state index contributed by atoms with van der Waals surface area (Å²) < 4.78 is 1.48. The Morgan fingerprint density at radius 2 is 1.94 bits per heavy atom. The number of benzene rings is 2. The summed E-state index contributed by atoms with van der Waals surface area (Å²) in [5.41, 5.74) is -0.217. The van der Waals surface area contributed by atoms with E-state index in [-0.39, 0.29) is 17.7 Å². The molecule has 4 rings (SSSR count). The van der Waals surface area contributed by atoms with Crippen molar-refractivity contribution in [3.8, 4) is 0 Å². The van der Waals surface area contributed by atoms with Crippen molar-refractivity contribution >= 4 is 52.4 Å². The molecule has 3 amide bonds. The molecule has 0 spiro atoms. The monoisotopic (exact) mass is 487 g/mol. The van der Waals surface area contributed by atoms with Crippen LogP contribution in [0.5, 0.6) is 0 Å². The summed E-state index contributed by atoms with van der Waals surface area (Å²) >= 11 is 12.1. The zero-order valence-corrected chi connectivity index (χ0v) is 18.5. The summed E-state index contributed by atoms with van der Waals surface area (Å²) in [6.07, 6.45) is 1.47. The Kier molecular flexibility index (Phi) is 5.88. The number of nitrogens with one attached hydrogen (secondary N) is 1. The van der Waals surface area contributed by atoms with Gasteiger partial charge in [-0.05, 0) is 30.7 Å². The van der Waals surface area contributed by atoms with E-state index in [0.29, 0.717) is 26.3 Å². The third-order valence-corrected chi connectivity index (χ3v) is 5.78. The predicted octanol–water partition coefficient (Wildman–Crippen LogP) is 3.77. The molecule has 0 radical (unpaired) electrons. The van der Waals surface area contributed by atoms with E-state index in [2.05, 4.69) is 10.4 Å². The number of carbonyl (C=O) groups excluding carboxylic acids is 3. The van der Waals surface area contributed by atoms with Crippen molar-refractivity contribution < 1.29 is 19.3 Å². The number of imide groups is 1. The molecule has 0 unspecified atom stereocenters. The van der Waals surface area contributed by atoms with Crippen molar-refractivity contribution in [2.45, 2.75) is 19.5 Å². The van der Waals surface area contributed by atoms with Gasteiger partial charge >= 0.3 is 0 Å². The van der Waals surface area contributed by atoms with Gasteiger partial charge in [-0.15, -0.1) is 0 Å². The van der Waals surface area contributed by atoms with Crippen LogP contribution in [0, 0.1) is 10.1 Å². The van der Waals surface area contributed by atoms with Gasteiger partial charge in [0.25, 0.3) is 17.5 Å². The summed E-state index contributed by atoms with van der Waals surface area (Å²) in [7, 11) is 0. The predicted molar refractivity (Wildman–Crippen MR) is 119 cm³/mol. The van der Waals surface area contributed by atoms with Gasteiger partial charge in [-0.3, -0.25) is 29.4 Å². The van der Waals surface area contributed by atoms with E-state index in [0.717, 1.165) is 6.07 Å². The number of anilines is 1. The highest BCUT2D eigenvalue weighted by Crippen LogP contribution is 2.32. The quantitative estimate of drug-likeness (QED) is 0.320. The van der Waals surface area contributed by atoms with Gasteiger partial charge in [0, 0.05) is 22.2 Å². The van der Waals surface area contributed by atoms with Gasteiger partial charge < -0.3 is 5.32 Å². The zero-order valence-electron chi connectivity index (χ0n) is 17.0. The van der Waals surface area contributed by atoms with E-state index in [1.807, 2.05) is 0 Å². The highest BCUT2D eigenvalue weighted by molar-refractivity contribution is 6.35. The minimum absolute atomic E-state index is 0.115. The molecular formula is C21H15Cl2N5O5. The molecule has 1 aliphatic rings. The third kappa shape index (κ3) is 4.06. The molecule has 33 heavy (non-hydrogen) atoms. The van der Waals surface area contributed by atoms with Gasteiger partial charge in [0.15, 0.2) is 0 Å². The average Bonchev–Trinajstić information content (AvgIpc) is 3.31. The van der Waals surface area contributed by atoms with Crippen molar-refractivity contribution in [2.75, 3.05) is 5.32 Å². The second-order valence-electron chi connectivity index (χ2n) is 7.21. The van der Waals surface area contributed by atoms with Crippen molar-refractivity contribution in [1.82, 2.24) is 14.7 Å². The number of fused-ring (bicyclic) bond motifs is 1. The maximum Gasteiger partial charge on any atom is 0.282 e. The molecule has 0 aliphatic carbocycles. The molecule has 0 bridgehead atoms. The molecule has 12 heteroatoms. The first-order valence-corrected chi connectivity index (χ1v) is 10.4. The summed E-state index contributed by atoms with van der Waals surface area (Å²) in [6.45, 7) is 1.59. The number of halogens is 2. The van der Waals surface area contributed by atoms with Crippen molar-refractivity contribution in [3.63, 3.8) is 0 Å². The first kappa shape index (κ1) is 22.4. The van der Waals surface area contributed by atoms with E-state index in [1.54, 1.807) is 24.3 Å². The Morgan fingerprint density at radius 1 is 1.18 bits per heavy atom. The molecule has 168 valence electrons. The lowest BCUT2D eigenvalue weighted by Gasteiger charge is -2.21. The zero-order chi connectivity index (χ0) is 23.9. The van der Waals surface area contributed by atoms with Gasteiger partial charge in [-0.25, -0.2) is 4.68 Å². The molecule has 2 heterocycles. The molecule has 2 aromatic carbocycles. The number of amides is 3. The minimum Gasteiger partial charge on any atom is -0.309 e. The van der Waals surface area contributed by atoms with Crippen molar-refractivity contribution in [1.29, 1.82) is 0 Å². The fraction of sp³-hybridized carbons (Fsp3) is 0.143. The summed E-state index contributed by atoms with van der Waals surface area (Å²) in [4.78, 5) is 49.8. The molecular weight excluding hydrogens is 473 g/mol. The Labute approximate surface area is 196 Å². The summed E-state index contributed by atoms with van der Waals surface area (Å²) in [6, 6.07) is 9.07. The maximum absolute atomic E-state index is 12.9. The van der Waals surface area contributed by atoms with Crippen LogP contribution in [0.4, 0.5) is 11.5 Å². The van der Waals surface area contributed by atoms with Crippen LogP contribution in [0.2, 0.25) is 10.0 Å². The lowest BCUT2D eigenvalue weighted by Crippen LogP contribution is -2.45. The van der Waals surface area contributed by atoms with Crippen LogP contribution in [0.3, 0.4) is 0 Å². The second kappa shape index (κ2) is 8.64. The van der Waals surface area contributed by atoms with Crippen LogP contribution in [-0.2, 0) is 11.3 Å². The van der Waals surface area contributed by atoms with E-state index in [9.17, 15) is 24.5 Å². The summed E-state index contributed by atoms with van der Waals surface area (Å²) in [5, 5.41) is 19.0. The summed E-state index contributed by atoms with van der Waals surface area (Å²) in [5.74, 6) is -2.04. The molecule has 1 N–H and O–H groups in total. The Hall–Kier alpha value is -3.76. The fourth-order valence-electron chi connectivity index (χ4n) is 3.51. The Balaban J connectivity index is 1.54. The van der Waals surface area contributed by atoms with E-state index in [4.69, 9.17) is 23.2 Å². The topological polar surface area (TPSA) is 127 Å². The highest BCUT2D eigenvalue weighted by atomic mass is 35.5. The van der Waals surface area contributed by atoms with Gasteiger partial charge in [0.2, 0.25) is 5.91 Å². The van der Waals surface area contributed by atoms with Crippen LogP contribution in [0.25, 0.3) is 0 Å². The number of carbonyl (C=O) groups is 3. The van der Waals surface area contributed by atoms with Crippen molar-refractivity contribution in [3.05, 3.63) is 85.5 Å². The maximum atomic E-state index is 12.9. The number of hydrogen-bond donors (Lipinski definition) is 1. The number of nitrogens with zero attached hydrogens (tertiary/aromatic N) is 4. The molecule has 0 fully saturated rings. The lowest BCUT2D eigenvalue weighted by molar-refractivity contribution is -0.385. The van der Waals surface area contributed by atoms with Gasteiger partial charge in [-0.2, -0.15) is 5.10 Å². The molecule has 0 saturated carbocycles. The van der Waals surface area contributed by atoms with Crippen LogP contribution in [-0.4, -0.2) is 43.4 Å². The average molecular weight is 488 g/mol. The molecule has 1 atom stereocenters. The molecule has 1 aliphatic heterocycles. The van der Waals surface area contributed by atoms with Crippen LogP contribution >= 0.6 is 23.2 Å². The van der Waals surface area contributed by atoms with Crippen LogP contribution < -0.4 is 5.32 Å². The van der Waals surface area contributed by atoms with E-state index >= 15 is 0 Å². The third-order valence-electron chi connectivity index (χ3n) is 5.19. The Bertz CT molecular complexity index is 1320. The lowest BCUT2D eigenvalue weighted by atomic mass is 10.1. The fourth-order valence-corrected chi connectivity index (χ4v) is 3.98. The number of hydrogen-bond acceptors (Lipinski definition) is 6. The molecule has 10 nitrogen and oxygen atoms in total. The standard InChI is InChI=1S/C21H15Cl2N5O5/c1-11(27-20(30)14-3-2-4-16(28(32)33)18(14)21(27)31)19(29)25-17-7-8-24-26(17)10-12-5-6-13(22)9-15(12)23/h2-9,11H,10H2,1H3,(H,25,29)/t11-/m0/s1. The van der Waals surface area contributed by atoms with Gasteiger partial charge in [0.1, 0.15) is 17.4 Å². The van der Waals surface area contributed by atoms with Crippen LogP contribution in [0.1, 0.15) is 33.2 Å². The van der Waals surface area contributed by atoms with Crippen molar-refractivity contribution in [2.24, 2.45) is 0 Å². The number of nitro groups is 1. The first-order chi connectivity index (χ1) is 15.7. The van der Waals surface area contributed by atoms with Gasteiger partial charge in [0.05, 0.1) is 23.2 Å². The number of aromatic nitrogens is 2. The number of nitro benzene ring substituents is 1. The minimum atomic E-state index is -1.24. The molecule has 1 aromatic heterocycles. The molecule has 3 aromatic rings. The van der Waals surface area contributed by atoms with Gasteiger partial charge in [-0.1, -0.05) is 35.3 Å². The van der Waals surface area contributed by atoms with Crippen LogP contribution in [0.15, 0.2) is 48.7 Å². The normalized spacial score (nSPS) is 13.7. The first-order valence-electron chi connectivity index (χ1n) is 9.61.